The zero-order chi connectivity index (χ0) is 6.69. The Morgan fingerprint density at radius 1 is 1.67 bits per heavy atom. The number of nitrogens with zero attached hydrogens (tertiary/aromatic N) is 2. The lowest BCUT2D eigenvalue weighted by atomic mass is 10.4. The van der Waals surface area contributed by atoms with E-state index in [1.165, 1.54) is 0 Å². The van der Waals surface area contributed by atoms with Gasteiger partial charge in [-0.1, -0.05) is 6.58 Å². The first-order valence-electron chi connectivity index (χ1n) is 2.54. The van der Waals surface area contributed by atoms with Crippen LogP contribution in [0.4, 0.5) is 5.95 Å². The summed E-state index contributed by atoms with van der Waals surface area (Å²) < 4.78 is 0. The van der Waals surface area contributed by atoms with E-state index < -0.39 is 0 Å². The Morgan fingerprint density at radius 3 is 2.89 bits per heavy atom. The molecule has 1 aromatic heterocycles. The summed E-state index contributed by atoms with van der Waals surface area (Å²) in [6.07, 6.45) is 3.22. The molecule has 2 N–H and O–H groups in total. The minimum atomic E-state index is 0.285. The van der Waals surface area contributed by atoms with Gasteiger partial charge in [-0.2, -0.15) is 0 Å². The van der Waals surface area contributed by atoms with Gasteiger partial charge in [-0.15, -0.1) is 0 Å². The zero-order valence-corrected chi connectivity index (χ0v) is 4.91. The molecule has 0 unspecified atom stereocenters. The monoisotopic (exact) mass is 121 g/mol. The van der Waals surface area contributed by atoms with Crippen molar-refractivity contribution in [3.05, 3.63) is 24.5 Å². The Labute approximate surface area is 53.3 Å². The van der Waals surface area contributed by atoms with E-state index in [0.29, 0.717) is 0 Å². The third-order valence-electron chi connectivity index (χ3n) is 0.905. The molecule has 0 fully saturated rings. The molecule has 0 amide bonds. The molecule has 0 bridgehead atoms. The third kappa shape index (κ3) is 1.25. The first-order chi connectivity index (χ1) is 4.33. The highest BCUT2D eigenvalue weighted by Crippen LogP contribution is 1.95. The van der Waals surface area contributed by atoms with Crippen LogP contribution in [-0.4, -0.2) is 9.97 Å². The fourth-order valence-corrected chi connectivity index (χ4v) is 0.502. The number of anilines is 1. The van der Waals surface area contributed by atoms with Crippen molar-refractivity contribution in [3.63, 3.8) is 0 Å². The minimum Gasteiger partial charge on any atom is -0.368 e. The molecule has 1 rings (SSSR count). The second-order valence-electron chi connectivity index (χ2n) is 1.54. The molecule has 1 heterocycles. The van der Waals surface area contributed by atoms with Crippen molar-refractivity contribution in [1.82, 2.24) is 9.97 Å². The number of hydrogen-bond acceptors (Lipinski definition) is 3. The first kappa shape index (κ1) is 5.75. The second kappa shape index (κ2) is 2.26. The molecule has 0 atom stereocenters. The lowest BCUT2D eigenvalue weighted by molar-refractivity contribution is 1.17. The lowest BCUT2D eigenvalue weighted by Crippen LogP contribution is -1.93. The van der Waals surface area contributed by atoms with Crippen LogP contribution < -0.4 is 5.73 Å². The smallest absolute Gasteiger partial charge is 0.220 e. The van der Waals surface area contributed by atoms with Crippen molar-refractivity contribution in [3.8, 4) is 0 Å². The predicted octanol–water partition coefficient (Wildman–Crippen LogP) is 0.702. The van der Waals surface area contributed by atoms with E-state index in [2.05, 4.69) is 16.5 Å². The SMILES string of the molecule is C=Cc1ccnc(N)n1. The van der Waals surface area contributed by atoms with E-state index in [9.17, 15) is 0 Å². The molecule has 9 heavy (non-hydrogen) atoms. The molecule has 0 aromatic carbocycles. The molecule has 3 heteroatoms. The van der Waals surface area contributed by atoms with Gasteiger partial charge in [-0.3, -0.25) is 0 Å². The summed E-state index contributed by atoms with van der Waals surface area (Å²) in [5, 5.41) is 0. The predicted molar refractivity (Wildman–Crippen MR) is 36.5 cm³/mol. The maximum absolute atomic E-state index is 5.26. The summed E-state index contributed by atoms with van der Waals surface area (Å²) in [6.45, 7) is 3.53. The summed E-state index contributed by atoms with van der Waals surface area (Å²) in [5.41, 5.74) is 6.02. The zero-order valence-electron chi connectivity index (χ0n) is 4.91. The molecule has 0 saturated carbocycles. The van der Waals surface area contributed by atoms with Crippen LogP contribution in [-0.2, 0) is 0 Å². The molecule has 1 aromatic rings. The normalized spacial score (nSPS) is 8.89. The molecule has 3 nitrogen and oxygen atoms in total. The second-order valence-corrected chi connectivity index (χ2v) is 1.54. The van der Waals surface area contributed by atoms with E-state index in [4.69, 9.17) is 5.73 Å². The Bertz CT molecular complexity index is 219. The number of hydrogen-bond donors (Lipinski definition) is 1. The fourth-order valence-electron chi connectivity index (χ4n) is 0.502. The van der Waals surface area contributed by atoms with Crippen molar-refractivity contribution in [2.45, 2.75) is 0 Å². The van der Waals surface area contributed by atoms with Crippen molar-refractivity contribution in [1.29, 1.82) is 0 Å². The van der Waals surface area contributed by atoms with Crippen molar-refractivity contribution >= 4 is 12.0 Å². The Balaban J connectivity index is 3.07. The van der Waals surface area contributed by atoms with Gasteiger partial charge < -0.3 is 5.73 Å². The largest absolute Gasteiger partial charge is 0.368 e. The van der Waals surface area contributed by atoms with E-state index >= 15 is 0 Å². The molecule has 0 radical (unpaired) electrons. The minimum absolute atomic E-state index is 0.285. The quantitative estimate of drug-likeness (QED) is 0.595. The summed E-state index contributed by atoms with van der Waals surface area (Å²) >= 11 is 0. The van der Waals surface area contributed by atoms with Crippen LogP contribution in [0, 0.1) is 0 Å². The van der Waals surface area contributed by atoms with Crippen LogP contribution in [0.15, 0.2) is 18.8 Å². The summed E-state index contributed by atoms with van der Waals surface area (Å²) in [7, 11) is 0. The van der Waals surface area contributed by atoms with Crippen LogP contribution >= 0.6 is 0 Å². The maximum atomic E-state index is 5.26. The van der Waals surface area contributed by atoms with E-state index in [0.717, 1.165) is 5.69 Å². The van der Waals surface area contributed by atoms with E-state index in [-0.39, 0.29) is 5.95 Å². The topological polar surface area (TPSA) is 51.8 Å². The summed E-state index contributed by atoms with van der Waals surface area (Å²) in [5.74, 6) is 0.285. The molecule has 0 spiro atoms. The van der Waals surface area contributed by atoms with Crippen molar-refractivity contribution in [2.75, 3.05) is 5.73 Å². The van der Waals surface area contributed by atoms with Gasteiger partial charge in [-0.25, -0.2) is 9.97 Å². The first-order valence-corrected chi connectivity index (χ1v) is 2.54. The van der Waals surface area contributed by atoms with Gasteiger partial charge in [-0.05, 0) is 12.1 Å². The highest BCUT2D eigenvalue weighted by atomic mass is 15.0. The number of rotatable bonds is 1. The molecule has 0 aliphatic heterocycles. The molecule has 0 aliphatic carbocycles. The summed E-state index contributed by atoms with van der Waals surface area (Å²) in [6, 6.07) is 1.74. The van der Waals surface area contributed by atoms with Crippen LogP contribution in [0.5, 0.6) is 0 Å². The summed E-state index contributed by atoms with van der Waals surface area (Å²) in [4.78, 5) is 7.55. The van der Waals surface area contributed by atoms with Gasteiger partial charge in [0.25, 0.3) is 0 Å². The van der Waals surface area contributed by atoms with E-state index in [1.807, 2.05) is 0 Å². The van der Waals surface area contributed by atoms with Gasteiger partial charge in [0.1, 0.15) is 0 Å². The highest BCUT2D eigenvalue weighted by Gasteiger charge is 1.86. The number of nitrogens with two attached hydrogens (primary N) is 1. The fraction of sp³-hybridized carbons (Fsp3) is 0. The van der Waals surface area contributed by atoms with E-state index in [1.54, 1.807) is 18.3 Å². The third-order valence-corrected chi connectivity index (χ3v) is 0.905. The molecule has 0 aliphatic rings. The van der Waals surface area contributed by atoms with Crippen LogP contribution in [0.25, 0.3) is 6.08 Å². The average molecular weight is 121 g/mol. The Kier molecular flexibility index (Phi) is 1.44. The van der Waals surface area contributed by atoms with Crippen LogP contribution in [0.3, 0.4) is 0 Å². The molecular formula is C6H7N3. The Morgan fingerprint density at radius 2 is 2.44 bits per heavy atom. The van der Waals surface area contributed by atoms with Gasteiger partial charge in [0.2, 0.25) is 5.95 Å². The van der Waals surface area contributed by atoms with Gasteiger partial charge >= 0.3 is 0 Å². The van der Waals surface area contributed by atoms with Crippen LogP contribution in [0.2, 0.25) is 0 Å². The molecule has 46 valence electrons. The van der Waals surface area contributed by atoms with Crippen molar-refractivity contribution < 1.29 is 0 Å². The van der Waals surface area contributed by atoms with Crippen molar-refractivity contribution in [2.24, 2.45) is 0 Å². The molecular weight excluding hydrogens is 114 g/mol. The maximum Gasteiger partial charge on any atom is 0.220 e. The van der Waals surface area contributed by atoms with Gasteiger partial charge in [0, 0.05) is 6.20 Å². The lowest BCUT2D eigenvalue weighted by Gasteiger charge is -1.90. The number of nitrogen functional groups attached to an aromatic ring is 1. The van der Waals surface area contributed by atoms with Crippen LogP contribution in [0.1, 0.15) is 5.69 Å². The van der Waals surface area contributed by atoms with Gasteiger partial charge in [0.05, 0.1) is 5.69 Å². The molecule has 0 saturated heterocycles. The van der Waals surface area contributed by atoms with Gasteiger partial charge in [0.15, 0.2) is 0 Å². The highest BCUT2D eigenvalue weighted by molar-refractivity contribution is 5.42. The number of aromatic nitrogens is 2. The standard InChI is InChI=1S/C6H7N3/c1-2-5-3-4-8-6(7)9-5/h2-4H,1H2,(H2,7,8,9). The average Bonchev–Trinajstić information content (AvgIpc) is 1.88. The Hall–Kier alpha value is -1.38.